The summed E-state index contributed by atoms with van der Waals surface area (Å²) in [6.45, 7) is 4.13. The molecule has 144 valence electrons. The lowest BCUT2D eigenvalue weighted by Gasteiger charge is -2.09. The zero-order valence-corrected chi connectivity index (χ0v) is 16.6. The van der Waals surface area contributed by atoms with Gasteiger partial charge in [0, 0.05) is 17.8 Å². The predicted molar refractivity (Wildman–Crippen MR) is 111 cm³/mol. The summed E-state index contributed by atoms with van der Waals surface area (Å²) in [7, 11) is -3.66. The Labute approximate surface area is 165 Å². The van der Waals surface area contributed by atoms with Crippen LogP contribution in [-0.4, -0.2) is 14.3 Å². The van der Waals surface area contributed by atoms with Gasteiger partial charge < -0.3 is 5.32 Å². The molecular weight excluding hydrogens is 372 g/mol. The molecule has 0 atom stereocenters. The first-order chi connectivity index (χ1) is 13.3. The van der Waals surface area contributed by atoms with Gasteiger partial charge in [0.05, 0.1) is 4.90 Å². The minimum Gasteiger partial charge on any atom is -0.322 e. The number of nitrogens with one attached hydrogen (secondary N) is 2. The highest BCUT2D eigenvalue weighted by atomic mass is 32.2. The maximum atomic E-state index is 12.5. The first-order valence-electron chi connectivity index (χ1n) is 8.87. The fourth-order valence-electron chi connectivity index (χ4n) is 2.71. The standard InChI is InChI=1S/C22H22N2O3S/c1-16-6-10-20(11-7-16)24-22(25)19-8-12-21(13-9-19)28(26,27)23-15-18-5-3-4-17(2)14-18/h3-14,23H,15H2,1-2H3,(H,24,25). The van der Waals surface area contributed by atoms with E-state index in [1.165, 1.54) is 24.3 Å². The third-order valence-corrected chi connectivity index (χ3v) is 5.70. The van der Waals surface area contributed by atoms with Crippen LogP contribution in [0.3, 0.4) is 0 Å². The van der Waals surface area contributed by atoms with Gasteiger partial charge in [-0.3, -0.25) is 4.79 Å². The number of carbonyl (C=O) groups is 1. The van der Waals surface area contributed by atoms with Gasteiger partial charge >= 0.3 is 0 Å². The Morgan fingerprint density at radius 2 is 1.54 bits per heavy atom. The first-order valence-corrected chi connectivity index (χ1v) is 10.4. The molecule has 0 fully saturated rings. The minimum absolute atomic E-state index is 0.118. The second-order valence-electron chi connectivity index (χ2n) is 6.66. The van der Waals surface area contributed by atoms with Gasteiger partial charge in [0.2, 0.25) is 10.0 Å². The predicted octanol–water partition coefficient (Wildman–Crippen LogP) is 4.03. The lowest BCUT2D eigenvalue weighted by Crippen LogP contribution is -2.23. The smallest absolute Gasteiger partial charge is 0.255 e. The van der Waals surface area contributed by atoms with Gasteiger partial charge in [0.1, 0.15) is 0 Å². The maximum absolute atomic E-state index is 12.5. The van der Waals surface area contributed by atoms with Crippen molar-refractivity contribution in [3.63, 3.8) is 0 Å². The monoisotopic (exact) mass is 394 g/mol. The summed E-state index contributed by atoms with van der Waals surface area (Å²) in [5, 5.41) is 2.79. The lowest BCUT2D eigenvalue weighted by molar-refractivity contribution is 0.102. The van der Waals surface area contributed by atoms with E-state index in [4.69, 9.17) is 0 Å². The topological polar surface area (TPSA) is 75.3 Å². The van der Waals surface area contributed by atoms with E-state index in [2.05, 4.69) is 10.0 Å². The Balaban J connectivity index is 1.66. The van der Waals surface area contributed by atoms with Gasteiger partial charge in [-0.1, -0.05) is 47.5 Å². The molecule has 5 nitrogen and oxygen atoms in total. The highest BCUT2D eigenvalue weighted by Gasteiger charge is 2.15. The number of carbonyl (C=O) groups excluding carboxylic acids is 1. The number of rotatable bonds is 6. The van der Waals surface area contributed by atoms with Crippen molar-refractivity contribution >= 4 is 21.6 Å². The van der Waals surface area contributed by atoms with Crippen LogP contribution in [0.2, 0.25) is 0 Å². The van der Waals surface area contributed by atoms with E-state index >= 15 is 0 Å². The van der Waals surface area contributed by atoms with E-state index in [0.717, 1.165) is 16.7 Å². The number of anilines is 1. The molecule has 0 aliphatic heterocycles. The Hall–Kier alpha value is -2.96. The van der Waals surface area contributed by atoms with Gasteiger partial charge in [-0.25, -0.2) is 13.1 Å². The van der Waals surface area contributed by atoms with Crippen molar-refractivity contribution in [3.05, 3.63) is 95.1 Å². The van der Waals surface area contributed by atoms with Crippen molar-refractivity contribution in [2.45, 2.75) is 25.3 Å². The van der Waals surface area contributed by atoms with Crippen LogP contribution in [0, 0.1) is 13.8 Å². The molecule has 0 aliphatic rings. The zero-order chi connectivity index (χ0) is 20.1. The van der Waals surface area contributed by atoms with Crippen molar-refractivity contribution in [1.82, 2.24) is 4.72 Å². The summed E-state index contributed by atoms with van der Waals surface area (Å²) in [6, 6.07) is 21.0. The summed E-state index contributed by atoms with van der Waals surface area (Å²) >= 11 is 0. The third kappa shape index (κ3) is 5.06. The molecule has 1 amide bonds. The molecule has 0 bridgehead atoms. The second-order valence-corrected chi connectivity index (χ2v) is 8.43. The summed E-state index contributed by atoms with van der Waals surface area (Å²) in [5.74, 6) is -0.291. The Bertz CT molecular complexity index is 1070. The Morgan fingerprint density at radius 1 is 0.857 bits per heavy atom. The number of sulfonamides is 1. The maximum Gasteiger partial charge on any atom is 0.255 e. The second kappa shape index (κ2) is 8.37. The highest BCUT2D eigenvalue weighted by molar-refractivity contribution is 7.89. The van der Waals surface area contributed by atoms with Crippen LogP contribution < -0.4 is 10.0 Å². The number of hydrogen-bond donors (Lipinski definition) is 2. The molecule has 0 heterocycles. The molecule has 0 unspecified atom stereocenters. The van der Waals surface area contributed by atoms with Crippen LogP contribution in [0.4, 0.5) is 5.69 Å². The summed E-state index contributed by atoms with van der Waals surface area (Å²) in [4.78, 5) is 12.4. The summed E-state index contributed by atoms with van der Waals surface area (Å²) in [6.07, 6.45) is 0. The van der Waals surface area contributed by atoms with Crippen LogP contribution >= 0.6 is 0 Å². The molecule has 3 aromatic rings. The summed E-state index contributed by atoms with van der Waals surface area (Å²) in [5.41, 5.74) is 4.13. The third-order valence-electron chi connectivity index (χ3n) is 4.29. The SMILES string of the molecule is Cc1ccc(NC(=O)c2ccc(S(=O)(=O)NCc3cccc(C)c3)cc2)cc1. The molecule has 3 aromatic carbocycles. The van der Waals surface area contributed by atoms with Gasteiger partial charge in [-0.15, -0.1) is 0 Å². The van der Waals surface area contributed by atoms with Gasteiger partial charge in [-0.05, 0) is 55.8 Å². The fraction of sp³-hybridized carbons (Fsp3) is 0.136. The van der Waals surface area contributed by atoms with Crippen molar-refractivity contribution in [2.75, 3.05) is 5.32 Å². The first kappa shape index (κ1) is 19.8. The van der Waals surface area contributed by atoms with Crippen LogP contribution in [0.15, 0.2) is 77.7 Å². The Morgan fingerprint density at radius 3 is 2.18 bits per heavy atom. The molecule has 3 rings (SSSR count). The van der Waals surface area contributed by atoms with Crippen LogP contribution in [0.5, 0.6) is 0 Å². The molecular formula is C22H22N2O3S. The molecule has 0 saturated carbocycles. The van der Waals surface area contributed by atoms with E-state index in [-0.39, 0.29) is 17.3 Å². The van der Waals surface area contributed by atoms with Crippen molar-refractivity contribution in [2.24, 2.45) is 0 Å². The molecule has 28 heavy (non-hydrogen) atoms. The average molecular weight is 394 g/mol. The number of amides is 1. The zero-order valence-electron chi connectivity index (χ0n) is 15.8. The molecule has 0 aliphatic carbocycles. The molecule has 0 aromatic heterocycles. The van der Waals surface area contributed by atoms with Gasteiger partial charge in [-0.2, -0.15) is 0 Å². The largest absolute Gasteiger partial charge is 0.322 e. The van der Waals surface area contributed by atoms with E-state index < -0.39 is 10.0 Å². The molecule has 0 saturated heterocycles. The lowest BCUT2D eigenvalue weighted by atomic mass is 10.1. The molecule has 6 heteroatoms. The van der Waals surface area contributed by atoms with E-state index in [0.29, 0.717) is 11.3 Å². The molecule has 0 spiro atoms. The number of benzene rings is 3. The quantitative estimate of drug-likeness (QED) is 0.663. The van der Waals surface area contributed by atoms with Crippen LogP contribution in [0.25, 0.3) is 0 Å². The van der Waals surface area contributed by atoms with E-state index in [1.54, 1.807) is 0 Å². The van der Waals surface area contributed by atoms with Gasteiger partial charge in [0.15, 0.2) is 0 Å². The highest BCUT2D eigenvalue weighted by Crippen LogP contribution is 2.14. The minimum atomic E-state index is -3.66. The van der Waals surface area contributed by atoms with E-state index in [9.17, 15) is 13.2 Å². The normalized spacial score (nSPS) is 11.2. The average Bonchev–Trinajstić information content (AvgIpc) is 2.68. The fourth-order valence-corrected chi connectivity index (χ4v) is 3.73. The Kier molecular flexibility index (Phi) is 5.92. The van der Waals surface area contributed by atoms with Gasteiger partial charge in [0.25, 0.3) is 5.91 Å². The number of aryl methyl sites for hydroxylation is 2. The van der Waals surface area contributed by atoms with Crippen LogP contribution in [0.1, 0.15) is 27.0 Å². The molecule has 2 N–H and O–H groups in total. The van der Waals surface area contributed by atoms with Crippen molar-refractivity contribution in [1.29, 1.82) is 0 Å². The number of hydrogen-bond acceptors (Lipinski definition) is 3. The molecule has 0 radical (unpaired) electrons. The van der Waals surface area contributed by atoms with E-state index in [1.807, 2.05) is 62.4 Å². The van der Waals surface area contributed by atoms with Crippen molar-refractivity contribution in [3.8, 4) is 0 Å². The van der Waals surface area contributed by atoms with Crippen LogP contribution in [-0.2, 0) is 16.6 Å². The summed E-state index contributed by atoms with van der Waals surface area (Å²) < 4.78 is 27.5. The van der Waals surface area contributed by atoms with Crippen molar-refractivity contribution < 1.29 is 13.2 Å².